The molecule has 0 saturated heterocycles. The van der Waals surface area contributed by atoms with E-state index in [0.29, 0.717) is 46.6 Å². The molecule has 0 spiro atoms. The van der Waals surface area contributed by atoms with Crippen molar-refractivity contribution in [3.8, 4) is 11.5 Å². The number of hydrogen-bond donors (Lipinski definition) is 1. The van der Waals surface area contributed by atoms with Gasteiger partial charge in [0.2, 0.25) is 0 Å². The fourth-order valence-electron chi connectivity index (χ4n) is 2.14. The lowest BCUT2D eigenvalue weighted by Gasteiger charge is -2.21. The Morgan fingerprint density at radius 1 is 1.16 bits per heavy atom. The molecule has 0 saturated carbocycles. The molecule has 4 nitrogen and oxygen atoms in total. The molecular formula is C14H13ClO4. The van der Waals surface area contributed by atoms with E-state index in [0.717, 1.165) is 0 Å². The minimum absolute atomic E-state index is 0.442. The van der Waals surface area contributed by atoms with Gasteiger partial charge in [0, 0.05) is 17.2 Å². The molecule has 1 aliphatic heterocycles. The second-order valence-electron chi connectivity index (χ2n) is 4.35. The summed E-state index contributed by atoms with van der Waals surface area (Å²) in [5.74, 6) is 1.88. The number of aliphatic hydroxyl groups excluding tert-OH is 1. The van der Waals surface area contributed by atoms with Crippen LogP contribution in [0.3, 0.4) is 0 Å². The Hall–Kier alpha value is -1.65. The Morgan fingerprint density at radius 2 is 1.84 bits per heavy atom. The molecule has 0 radical (unpaired) electrons. The molecule has 1 atom stereocenters. The van der Waals surface area contributed by atoms with E-state index in [1.807, 2.05) is 0 Å². The molecule has 100 valence electrons. The van der Waals surface area contributed by atoms with E-state index in [9.17, 15) is 5.11 Å². The van der Waals surface area contributed by atoms with Crippen molar-refractivity contribution in [1.82, 2.24) is 0 Å². The van der Waals surface area contributed by atoms with Crippen LogP contribution < -0.4 is 9.47 Å². The first-order valence-electron chi connectivity index (χ1n) is 5.98. The highest BCUT2D eigenvalue weighted by molar-refractivity contribution is 6.31. The summed E-state index contributed by atoms with van der Waals surface area (Å²) in [5.41, 5.74) is 1.27. The van der Waals surface area contributed by atoms with Crippen molar-refractivity contribution < 1.29 is 19.0 Å². The van der Waals surface area contributed by atoms with Crippen LogP contribution in [0.2, 0.25) is 5.02 Å². The predicted molar refractivity (Wildman–Crippen MR) is 69.9 cm³/mol. The number of furan rings is 1. The Morgan fingerprint density at radius 3 is 2.47 bits per heavy atom. The summed E-state index contributed by atoms with van der Waals surface area (Å²) in [4.78, 5) is 0. The van der Waals surface area contributed by atoms with E-state index < -0.39 is 6.10 Å². The Kier molecular flexibility index (Phi) is 3.12. The van der Waals surface area contributed by atoms with Gasteiger partial charge in [0.15, 0.2) is 11.5 Å². The van der Waals surface area contributed by atoms with Gasteiger partial charge in [-0.1, -0.05) is 11.6 Å². The average Bonchev–Trinajstić information content (AvgIpc) is 2.83. The quantitative estimate of drug-likeness (QED) is 0.918. The van der Waals surface area contributed by atoms with Crippen molar-refractivity contribution in [1.29, 1.82) is 0 Å². The van der Waals surface area contributed by atoms with Gasteiger partial charge >= 0.3 is 0 Å². The van der Waals surface area contributed by atoms with Crippen LogP contribution in [0, 0.1) is 6.92 Å². The Balaban J connectivity index is 2.03. The number of halogens is 1. The third-order valence-electron chi connectivity index (χ3n) is 3.15. The second-order valence-corrected chi connectivity index (χ2v) is 4.76. The van der Waals surface area contributed by atoms with Crippen LogP contribution in [0.25, 0.3) is 0 Å². The normalized spacial score (nSPS) is 15.3. The van der Waals surface area contributed by atoms with Crippen LogP contribution in [0.4, 0.5) is 0 Å². The first-order chi connectivity index (χ1) is 9.16. The van der Waals surface area contributed by atoms with Crippen molar-refractivity contribution in [2.24, 2.45) is 0 Å². The summed E-state index contributed by atoms with van der Waals surface area (Å²) in [6.07, 6.45) is 0.696. The molecule has 0 bridgehead atoms. The van der Waals surface area contributed by atoms with Crippen LogP contribution in [0.1, 0.15) is 23.0 Å². The zero-order chi connectivity index (χ0) is 13.4. The van der Waals surface area contributed by atoms with Crippen molar-refractivity contribution in [3.05, 3.63) is 46.4 Å². The lowest BCUT2D eigenvalue weighted by atomic mass is 10.0. The number of fused-ring (bicyclic) bond motifs is 1. The highest BCUT2D eigenvalue weighted by Gasteiger charge is 2.22. The number of rotatable bonds is 2. The molecule has 0 amide bonds. The minimum Gasteiger partial charge on any atom is -0.486 e. The zero-order valence-corrected chi connectivity index (χ0v) is 11.1. The summed E-state index contributed by atoms with van der Waals surface area (Å²) in [5, 5.41) is 10.8. The molecule has 5 heteroatoms. The molecule has 1 aliphatic rings. The number of aliphatic hydroxyl groups is 1. The molecular weight excluding hydrogens is 268 g/mol. The van der Waals surface area contributed by atoms with Crippen LogP contribution in [0.15, 0.2) is 28.9 Å². The lowest BCUT2D eigenvalue weighted by Crippen LogP contribution is -2.16. The van der Waals surface area contributed by atoms with E-state index in [-0.39, 0.29) is 0 Å². The molecule has 19 heavy (non-hydrogen) atoms. The molecule has 1 aromatic heterocycles. The summed E-state index contributed by atoms with van der Waals surface area (Å²) in [7, 11) is 0. The average molecular weight is 281 g/mol. The minimum atomic E-state index is -0.845. The number of benzene rings is 1. The topological polar surface area (TPSA) is 51.8 Å². The molecule has 3 rings (SSSR count). The molecule has 0 aliphatic carbocycles. The van der Waals surface area contributed by atoms with E-state index in [4.69, 9.17) is 25.5 Å². The number of ether oxygens (including phenoxy) is 2. The lowest BCUT2D eigenvalue weighted by molar-refractivity contribution is 0.169. The first kappa shape index (κ1) is 12.4. The zero-order valence-electron chi connectivity index (χ0n) is 10.4. The summed E-state index contributed by atoms with van der Waals surface area (Å²) < 4.78 is 16.1. The van der Waals surface area contributed by atoms with Crippen molar-refractivity contribution in [3.63, 3.8) is 0 Å². The predicted octanol–water partition coefficient (Wildman–Crippen LogP) is 3.09. The van der Waals surface area contributed by atoms with Gasteiger partial charge in [0.05, 0.1) is 11.3 Å². The monoisotopic (exact) mass is 280 g/mol. The van der Waals surface area contributed by atoms with Gasteiger partial charge in [-0.15, -0.1) is 0 Å². The maximum absolute atomic E-state index is 10.4. The van der Waals surface area contributed by atoms with Crippen LogP contribution in [0.5, 0.6) is 11.5 Å². The summed E-state index contributed by atoms with van der Waals surface area (Å²) in [6, 6.07) is 5.12. The van der Waals surface area contributed by atoms with Gasteiger partial charge in [-0.2, -0.15) is 0 Å². The molecule has 1 N–H and O–H groups in total. The highest BCUT2D eigenvalue weighted by Crippen LogP contribution is 2.39. The second kappa shape index (κ2) is 4.79. The highest BCUT2D eigenvalue weighted by atomic mass is 35.5. The molecule has 2 heterocycles. The van der Waals surface area contributed by atoms with Gasteiger partial charge in [-0.25, -0.2) is 0 Å². The number of hydrogen-bond acceptors (Lipinski definition) is 4. The van der Waals surface area contributed by atoms with Crippen LogP contribution >= 0.6 is 11.6 Å². The molecule has 2 aromatic rings. The fourth-order valence-corrected chi connectivity index (χ4v) is 2.39. The third-order valence-corrected chi connectivity index (χ3v) is 3.48. The van der Waals surface area contributed by atoms with E-state index >= 15 is 0 Å². The third kappa shape index (κ3) is 2.17. The first-order valence-corrected chi connectivity index (χ1v) is 6.35. The Bertz CT molecular complexity index is 605. The Labute approximate surface area is 115 Å². The smallest absolute Gasteiger partial charge is 0.162 e. The van der Waals surface area contributed by atoms with Crippen LogP contribution in [-0.4, -0.2) is 18.3 Å². The maximum Gasteiger partial charge on any atom is 0.162 e. The van der Waals surface area contributed by atoms with Crippen molar-refractivity contribution in [2.75, 3.05) is 13.2 Å². The van der Waals surface area contributed by atoms with Gasteiger partial charge in [-0.05, 0) is 19.1 Å². The summed E-state index contributed by atoms with van der Waals surface area (Å²) >= 11 is 6.20. The van der Waals surface area contributed by atoms with Gasteiger partial charge in [0.25, 0.3) is 0 Å². The standard InChI is InChI=1S/C14H13ClO4/c1-8-9(2-3-17-8)14(16)10-6-12-13(7-11(10)15)19-5-4-18-12/h2-3,6-7,14,16H,4-5H2,1H3. The van der Waals surface area contributed by atoms with Crippen molar-refractivity contribution in [2.45, 2.75) is 13.0 Å². The molecule has 0 fully saturated rings. The van der Waals surface area contributed by atoms with Crippen LogP contribution in [-0.2, 0) is 0 Å². The maximum atomic E-state index is 10.4. The van der Waals surface area contributed by atoms with Gasteiger partial charge in [0.1, 0.15) is 25.1 Å². The SMILES string of the molecule is Cc1occc1C(O)c1cc2c(cc1Cl)OCCO2. The fraction of sp³-hybridized carbons (Fsp3) is 0.286. The molecule has 1 unspecified atom stereocenters. The summed E-state index contributed by atoms with van der Waals surface area (Å²) in [6.45, 7) is 2.80. The number of aryl methyl sites for hydroxylation is 1. The largest absolute Gasteiger partial charge is 0.486 e. The molecule has 1 aromatic carbocycles. The van der Waals surface area contributed by atoms with E-state index in [1.54, 1.807) is 31.4 Å². The van der Waals surface area contributed by atoms with Gasteiger partial charge < -0.3 is 19.0 Å². The van der Waals surface area contributed by atoms with Gasteiger partial charge in [-0.3, -0.25) is 0 Å². The van der Waals surface area contributed by atoms with E-state index in [1.165, 1.54) is 0 Å². The van der Waals surface area contributed by atoms with Crippen molar-refractivity contribution >= 4 is 11.6 Å². The van der Waals surface area contributed by atoms with E-state index in [2.05, 4.69) is 0 Å².